The fourth-order valence-corrected chi connectivity index (χ4v) is 5.77. The number of nitrogens with one attached hydrogen (secondary N) is 6. The van der Waals surface area contributed by atoms with E-state index in [-0.39, 0.29) is 32.2 Å². The standard InChI is InChI=1S/C34H52N8O15/c1-5-7-18(28(51)33(56)36-15-26(49)50)38-31(54)22-8-6-13-42(22)34(57)21(14-23(35)44)40-32(55)27(16(2)3)41-30(53)20(10-12-25(47)48)39-29(52)19(37-17(4)43)9-11-24(45)46/h16,18-22,27H,5-15H2,1-4H3,(H2,35,44)(H,36,56)(H,37,43)(H,38,54)(H,39,52)(H,40,55)(H,41,53)(H,45,46)(H,47,48)(H,49,50)/t18-,19-,20-,21-,22-,27-/m0/s1. The van der Waals surface area contributed by atoms with Gasteiger partial charge in [0.1, 0.15) is 36.8 Å². The fraction of sp³-hybridized carbons (Fsp3) is 0.647. The molecule has 318 valence electrons. The lowest BCUT2D eigenvalue weighted by atomic mass is 10.0. The number of carboxylic acids is 3. The van der Waals surface area contributed by atoms with Crippen LogP contribution in [0.25, 0.3) is 0 Å². The van der Waals surface area contributed by atoms with Crippen LogP contribution in [0.4, 0.5) is 0 Å². The van der Waals surface area contributed by atoms with Crippen molar-refractivity contribution in [3.63, 3.8) is 0 Å². The fourth-order valence-electron chi connectivity index (χ4n) is 5.77. The first-order chi connectivity index (χ1) is 26.6. The monoisotopic (exact) mass is 812 g/mol. The molecule has 1 rings (SSSR count). The van der Waals surface area contributed by atoms with Gasteiger partial charge in [0.05, 0.1) is 12.5 Å². The second-order valence-electron chi connectivity index (χ2n) is 13.6. The van der Waals surface area contributed by atoms with Crippen molar-refractivity contribution in [1.29, 1.82) is 0 Å². The molecule has 6 atom stereocenters. The van der Waals surface area contributed by atoms with E-state index in [1.807, 2.05) is 5.32 Å². The molecule has 8 amide bonds. The number of rotatable bonds is 25. The van der Waals surface area contributed by atoms with Crippen LogP contribution in [0.5, 0.6) is 0 Å². The van der Waals surface area contributed by atoms with Crippen molar-refractivity contribution < 1.29 is 72.9 Å². The molecule has 23 heteroatoms. The summed E-state index contributed by atoms with van der Waals surface area (Å²) in [6.07, 6.45) is -2.12. The molecule has 0 unspecified atom stereocenters. The van der Waals surface area contributed by atoms with Crippen molar-refractivity contribution in [1.82, 2.24) is 36.8 Å². The minimum atomic E-state index is -1.67. The van der Waals surface area contributed by atoms with Crippen LogP contribution < -0.4 is 37.6 Å². The zero-order valence-electron chi connectivity index (χ0n) is 32.1. The first kappa shape index (κ1) is 48.9. The van der Waals surface area contributed by atoms with Crippen LogP contribution in [0.1, 0.15) is 85.5 Å². The Morgan fingerprint density at radius 3 is 1.74 bits per heavy atom. The Kier molecular flexibility index (Phi) is 20.3. The molecule has 0 bridgehead atoms. The molecule has 1 aliphatic heterocycles. The average Bonchev–Trinajstić information content (AvgIpc) is 3.61. The summed E-state index contributed by atoms with van der Waals surface area (Å²) in [6.45, 7) is 4.85. The van der Waals surface area contributed by atoms with Gasteiger partial charge in [0.15, 0.2) is 0 Å². The lowest BCUT2D eigenvalue weighted by Gasteiger charge is -2.31. The number of carbonyl (C=O) groups excluding carboxylic acids is 9. The second kappa shape index (κ2) is 23.7. The summed E-state index contributed by atoms with van der Waals surface area (Å²) in [5, 5.41) is 40.7. The lowest BCUT2D eigenvalue weighted by molar-refractivity contribution is -0.145. The molecule has 0 radical (unpaired) electrons. The van der Waals surface area contributed by atoms with Crippen molar-refractivity contribution in [3.05, 3.63) is 0 Å². The van der Waals surface area contributed by atoms with E-state index in [0.717, 1.165) is 11.8 Å². The highest BCUT2D eigenvalue weighted by molar-refractivity contribution is 6.38. The molecule has 0 aromatic heterocycles. The number of amides is 8. The van der Waals surface area contributed by atoms with Crippen molar-refractivity contribution in [2.24, 2.45) is 11.7 Å². The summed E-state index contributed by atoms with van der Waals surface area (Å²) in [5.74, 6) is -13.7. The quantitative estimate of drug-likeness (QED) is 0.0396. The van der Waals surface area contributed by atoms with Gasteiger partial charge >= 0.3 is 17.9 Å². The Bertz CT molecular complexity index is 1570. The number of aliphatic carboxylic acids is 3. The van der Waals surface area contributed by atoms with Crippen molar-refractivity contribution >= 4 is 70.9 Å². The van der Waals surface area contributed by atoms with Crippen LogP contribution in [0.15, 0.2) is 0 Å². The number of ketones is 1. The number of hydrogen-bond donors (Lipinski definition) is 10. The van der Waals surface area contributed by atoms with Gasteiger partial charge in [-0.05, 0) is 38.0 Å². The maximum absolute atomic E-state index is 13.8. The van der Waals surface area contributed by atoms with E-state index in [2.05, 4.69) is 26.6 Å². The van der Waals surface area contributed by atoms with Gasteiger partial charge in [-0.2, -0.15) is 0 Å². The molecule has 1 fully saturated rings. The van der Waals surface area contributed by atoms with Gasteiger partial charge in [0, 0.05) is 26.3 Å². The summed E-state index contributed by atoms with van der Waals surface area (Å²) >= 11 is 0. The Labute approximate surface area is 326 Å². The van der Waals surface area contributed by atoms with Gasteiger partial charge in [-0.3, -0.25) is 57.5 Å². The molecule has 0 saturated carbocycles. The third-order valence-corrected chi connectivity index (χ3v) is 8.56. The third-order valence-electron chi connectivity index (χ3n) is 8.56. The molecule has 0 aromatic rings. The molecular weight excluding hydrogens is 760 g/mol. The minimum absolute atomic E-state index is 0.00411. The Hall–Kier alpha value is -6.16. The number of nitrogens with two attached hydrogens (primary N) is 1. The number of likely N-dealkylation sites (tertiary alicyclic amines) is 1. The first-order valence-electron chi connectivity index (χ1n) is 18.1. The van der Waals surface area contributed by atoms with Crippen LogP contribution in [0.2, 0.25) is 0 Å². The number of carbonyl (C=O) groups is 12. The number of hydrogen-bond acceptors (Lipinski definition) is 12. The van der Waals surface area contributed by atoms with Crippen molar-refractivity contribution in [2.45, 2.75) is 122 Å². The SMILES string of the molecule is CCC[C@H](NC(=O)[C@@H]1CCCN1C(=O)[C@H](CC(N)=O)NC(=O)[C@@H](NC(=O)[C@H](CCC(=O)O)NC(=O)[C@H](CCC(=O)O)NC(C)=O)C(C)C)C(=O)C(=O)NCC(=O)O. The summed E-state index contributed by atoms with van der Waals surface area (Å²) in [5.41, 5.74) is 5.39. The Morgan fingerprint density at radius 2 is 1.25 bits per heavy atom. The maximum atomic E-state index is 13.8. The van der Waals surface area contributed by atoms with Gasteiger partial charge in [-0.1, -0.05) is 27.2 Å². The van der Waals surface area contributed by atoms with Gasteiger partial charge in [-0.25, -0.2) is 0 Å². The van der Waals surface area contributed by atoms with Crippen LogP contribution in [0.3, 0.4) is 0 Å². The van der Waals surface area contributed by atoms with Gasteiger partial charge in [-0.15, -0.1) is 0 Å². The average molecular weight is 813 g/mol. The zero-order chi connectivity index (χ0) is 43.6. The van der Waals surface area contributed by atoms with E-state index in [1.54, 1.807) is 6.92 Å². The highest BCUT2D eigenvalue weighted by atomic mass is 16.4. The van der Waals surface area contributed by atoms with Crippen LogP contribution >= 0.6 is 0 Å². The minimum Gasteiger partial charge on any atom is -0.481 e. The largest absolute Gasteiger partial charge is 0.481 e. The molecule has 57 heavy (non-hydrogen) atoms. The summed E-state index contributed by atoms with van der Waals surface area (Å²) in [7, 11) is 0. The molecule has 0 aromatic carbocycles. The molecule has 1 saturated heterocycles. The predicted molar refractivity (Wildman–Crippen MR) is 193 cm³/mol. The Morgan fingerprint density at radius 1 is 0.702 bits per heavy atom. The predicted octanol–water partition coefficient (Wildman–Crippen LogP) is -3.75. The van der Waals surface area contributed by atoms with E-state index < -0.39 is 145 Å². The number of carboxylic acid groups (broad SMARTS) is 3. The summed E-state index contributed by atoms with van der Waals surface area (Å²) < 4.78 is 0. The second-order valence-corrected chi connectivity index (χ2v) is 13.6. The normalized spacial score (nSPS) is 16.1. The number of nitrogens with zero attached hydrogens (tertiary/aromatic N) is 1. The lowest BCUT2D eigenvalue weighted by Crippen LogP contribution is -2.61. The topological polar surface area (TPSA) is 367 Å². The number of Topliss-reactive ketones (excluding diaryl/α,β-unsaturated/α-hetero) is 1. The maximum Gasteiger partial charge on any atom is 0.322 e. The smallest absolute Gasteiger partial charge is 0.322 e. The molecule has 23 nitrogen and oxygen atoms in total. The summed E-state index contributed by atoms with van der Waals surface area (Å²) in [6, 6.07) is -8.77. The van der Waals surface area contributed by atoms with Crippen LogP contribution in [-0.4, -0.2) is 141 Å². The van der Waals surface area contributed by atoms with Crippen LogP contribution in [-0.2, 0) is 57.5 Å². The molecular formula is C34H52N8O15. The third kappa shape index (κ3) is 17.0. The van der Waals surface area contributed by atoms with Crippen molar-refractivity contribution in [2.75, 3.05) is 13.1 Å². The summed E-state index contributed by atoms with van der Waals surface area (Å²) in [4.78, 5) is 150. The van der Waals surface area contributed by atoms with Crippen LogP contribution in [0, 0.1) is 5.92 Å². The van der Waals surface area contributed by atoms with E-state index in [0.29, 0.717) is 6.42 Å². The van der Waals surface area contributed by atoms with E-state index in [9.17, 15) is 62.6 Å². The van der Waals surface area contributed by atoms with Crippen molar-refractivity contribution in [3.8, 4) is 0 Å². The zero-order valence-corrected chi connectivity index (χ0v) is 32.1. The highest BCUT2D eigenvalue weighted by Crippen LogP contribution is 2.20. The van der Waals surface area contributed by atoms with E-state index >= 15 is 0 Å². The van der Waals surface area contributed by atoms with Gasteiger partial charge in [0.2, 0.25) is 47.1 Å². The highest BCUT2D eigenvalue weighted by Gasteiger charge is 2.41. The number of primary amides is 1. The molecule has 1 aliphatic rings. The molecule has 0 spiro atoms. The first-order valence-corrected chi connectivity index (χ1v) is 18.1. The molecule has 11 N–H and O–H groups in total. The molecule has 1 heterocycles. The Balaban J connectivity index is 3.27. The van der Waals surface area contributed by atoms with Gasteiger partial charge in [0.25, 0.3) is 5.91 Å². The van der Waals surface area contributed by atoms with Gasteiger partial charge < -0.3 is 57.9 Å². The van der Waals surface area contributed by atoms with E-state index in [4.69, 9.17) is 15.9 Å². The van der Waals surface area contributed by atoms with E-state index in [1.165, 1.54) is 13.8 Å². The molecule has 0 aliphatic carbocycles.